The van der Waals surface area contributed by atoms with E-state index in [1.165, 1.54) is 0 Å². The molecule has 4 rings (SSSR count). The Morgan fingerprint density at radius 3 is 2.15 bits per heavy atom. The number of hydrogen-bond acceptors (Lipinski definition) is 5. The van der Waals surface area contributed by atoms with Gasteiger partial charge < -0.3 is 24.1 Å². The normalized spacial score (nSPS) is 32.5. The lowest BCUT2D eigenvalue weighted by Crippen LogP contribution is -2.55. The van der Waals surface area contributed by atoms with E-state index in [0.29, 0.717) is 19.6 Å². The average Bonchev–Trinajstić information content (AvgIpc) is 2.98. The summed E-state index contributed by atoms with van der Waals surface area (Å²) in [4.78, 5) is 0. The minimum atomic E-state index is -0.806. The van der Waals surface area contributed by atoms with E-state index in [0.717, 1.165) is 11.1 Å². The Hall–Kier alpha value is -1.76. The molecule has 5 atom stereocenters. The summed E-state index contributed by atoms with van der Waals surface area (Å²) >= 11 is 0. The standard InChI is InChI=1S/C22H26O5/c1-2-22-18(23)15-26-21(27-22)19(24-13-16-9-5-3-6-10-16)20(22)25-14-17-11-7-4-8-12-17/h3-12,18-21,23H,2,13-15H2,1H3/t18-,19-,20-,21+,22+/m1/s1. The second-order valence-electron chi connectivity index (χ2n) is 7.12. The summed E-state index contributed by atoms with van der Waals surface area (Å²) < 4.78 is 24.3. The first kappa shape index (κ1) is 18.6. The van der Waals surface area contributed by atoms with E-state index in [-0.39, 0.29) is 6.61 Å². The molecule has 5 nitrogen and oxygen atoms in total. The van der Waals surface area contributed by atoms with Crippen LogP contribution in [0.25, 0.3) is 0 Å². The Morgan fingerprint density at radius 2 is 1.56 bits per heavy atom. The van der Waals surface area contributed by atoms with Crippen LogP contribution in [0.15, 0.2) is 60.7 Å². The number of rotatable bonds is 7. The van der Waals surface area contributed by atoms with Crippen LogP contribution in [0.3, 0.4) is 0 Å². The molecule has 2 heterocycles. The van der Waals surface area contributed by atoms with Gasteiger partial charge in [-0.1, -0.05) is 67.6 Å². The largest absolute Gasteiger partial charge is 0.388 e. The van der Waals surface area contributed by atoms with Crippen LogP contribution in [0, 0.1) is 0 Å². The fraction of sp³-hybridized carbons (Fsp3) is 0.455. The third-order valence-electron chi connectivity index (χ3n) is 5.48. The molecule has 2 saturated heterocycles. The zero-order valence-electron chi connectivity index (χ0n) is 15.5. The zero-order chi connectivity index (χ0) is 18.7. The number of hydrogen-bond donors (Lipinski definition) is 1. The number of ether oxygens (including phenoxy) is 4. The van der Waals surface area contributed by atoms with Gasteiger partial charge in [0.15, 0.2) is 6.29 Å². The van der Waals surface area contributed by atoms with E-state index < -0.39 is 30.2 Å². The Labute approximate surface area is 159 Å². The van der Waals surface area contributed by atoms with Gasteiger partial charge in [-0.15, -0.1) is 0 Å². The maximum Gasteiger partial charge on any atom is 0.187 e. The molecule has 144 valence electrons. The number of aliphatic hydroxyl groups excluding tert-OH is 1. The minimum Gasteiger partial charge on any atom is -0.388 e. The third kappa shape index (κ3) is 3.66. The van der Waals surface area contributed by atoms with Gasteiger partial charge in [0.05, 0.1) is 19.8 Å². The van der Waals surface area contributed by atoms with Gasteiger partial charge in [0.1, 0.15) is 23.9 Å². The first-order chi connectivity index (χ1) is 13.2. The summed E-state index contributed by atoms with van der Waals surface area (Å²) in [5, 5.41) is 10.6. The molecule has 27 heavy (non-hydrogen) atoms. The first-order valence-corrected chi connectivity index (χ1v) is 9.51. The highest BCUT2D eigenvalue weighted by Gasteiger charge is 2.62. The molecular weight excluding hydrogens is 344 g/mol. The van der Waals surface area contributed by atoms with Crippen molar-refractivity contribution in [3.8, 4) is 0 Å². The second kappa shape index (κ2) is 8.09. The molecule has 0 saturated carbocycles. The molecule has 1 N–H and O–H groups in total. The number of fused-ring (bicyclic) bond motifs is 2. The monoisotopic (exact) mass is 370 g/mol. The van der Waals surface area contributed by atoms with Gasteiger partial charge in [-0.2, -0.15) is 0 Å². The van der Waals surface area contributed by atoms with Gasteiger partial charge in [0.25, 0.3) is 0 Å². The van der Waals surface area contributed by atoms with E-state index in [2.05, 4.69) is 0 Å². The fourth-order valence-electron chi connectivity index (χ4n) is 3.94. The van der Waals surface area contributed by atoms with Crippen molar-refractivity contribution in [2.24, 2.45) is 0 Å². The fourth-order valence-corrected chi connectivity index (χ4v) is 3.94. The first-order valence-electron chi connectivity index (χ1n) is 9.51. The molecule has 0 aliphatic carbocycles. The van der Waals surface area contributed by atoms with E-state index >= 15 is 0 Å². The molecule has 2 fully saturated rings. The van der Waals surface area contributed by atoms with Crippen molar-refractivity contribution in [3.63, 3.8) is 0 Å². The molecule has 0 unspecified atom stereocenters. The van der Waals surface area contributed by atoms with Crippen LogP contribution in [0.4, 0.5) is 0 Å². The van der Waals surface area contributed by atoms with Crippen molar-refractivity contribution in [3.05, 3.63) is 71.8 Å². The SMILES string of the molecule is CC[C@]12O[C@H](OC[C@H]1O)[C@H](OCc1ccccc1)[C@H]2OCc1ccccc1. The van der Waals surface area contributed by atoms with Gasteiger partial charge >= 0.3 is 0 Å². The van der Waals surface area contributed by atoms with Crippen LogP contribution in [0.2, 0.25) is 0 Å². The topological polar surface area (TPSA) is 57.2 Å². The Kier molecular flexibility index (Phi) is 5.57. The predicted octanol–water partition coefficient (Wildman–Crippen LogP) is 3.05. The quantitative estimate of drug-likeness (QED) is 0.812. The Bertz CT molecular complexity index is 722. The smallest absolute Gasteiger partial charge is 0.187 e. The van der Waals surface area contributed by atoms with Gasteiger partial charge in [-0.05, 0) is 17.5 Å². The van der Waals surface area contributed by atoms with Crippen LogP contribution in [-0.2, 0) is 32.2 Å². The predicted molar refractivity (Wildman–Crippen MR) is 99.9 cm³/mol. The van der Waals surface area contributed by atoms with Gasteiger partial charge in [-0.3, -0.25) is 0 Å². The molecule has 2 aromatic rings. The van der Waals surface area contributed by atoms with Crippen LogP contribution in [0.1, 0.15) is 24.5 Å². The summed E-state index contributed by atoms with van der Waals surface area (Å²) in [5.74, 6) is 0. The van der Waals surface area contributed by atoms with Crippen molar-refractivity contribution in [1.82, 2.24) is 0 Å². The number of benzene rings is 2. The second-order valence-corrected chi connectivity index (χ2v) is 7.12. The Morgan fingerprint density at radius 1 is 0.963 bits per heavy atom. The highest BCUT2D eigenvalue weighted by Crippen LogP contribution is 2.44. The molecule has 2 aromatic carbocycles. The molecular formula is C22H26O5. The molecule has 0 radical (unpaired) electrons. The summed E-state index contributed by atoms with van der Waals surface area (Å²) in [6.07, 6.45) is -1.46. The molecule has 2 bridgehead atoms. The average molecular weight is 370 g/mol. The molecule has 2 aliphatic rings. The van der Waals surface area contributed by atoms with E-state index in [1.54, 1.807) is 0 Å². The lowest BCUT2D eigenvalue weighted by atomic mass is 9.87. The highest BCUT2D eigenvalue weighted by molar-refractivity contribution is 5.16. The maximum absolute atomic E-state index is 10.6. The highest BCUT2D eigenvalue weighted by atomic mass is 16.8. The zero-order valence-corrected chi connectivity index (χ0v) is 15.5. The summed E-state index contributed by atoms with van der Waals surface area (Å²) in [6.45, 7) is 3.11. The number of aliphatic hydroxyl groups is 1. The molecule has 0 aromatic heterocycles. The minimum absolute atomic E-state index is 0.231. The van der Waals surface area contributed by atoms with Crippen molar-refractivity contribution in [2.45, 2.75) is 56.8 Å². The van der Waals surface area contributed by atoms with Crippen molar-refractivity contribution < 1.29 is 24.1 Å². The summed E-state index contributed by atoms with van der Waals surface area (Å²) in [7, 11) is 0. The van der Waals surface area contributed by atoms with Crippen molar-refractivity contribution in [1.29, 1.82) is 0 Å². The van der Waals surface area contributed by atoms with E-state index in [9.17, 15) is 5.11 Å². The van der Waals surface area contributed by atoms with Crippen molar-refractivity contribution >= 4 is 0 Å². The van der Waals surface area contributed by atoms with Crippen LogP contribution < -0.4 is 0 Å². The maximum atomic E-state index is 10.6. The van der Waals surface area contributed by atoms with Gasteiger partial charge in [-0.25, -0.2) is 0 Å². The van der Waals surface area contributed by atoms with Crippen LogP contribution in [0.5, 0.6) is 0 Å². The lowest BCUT2D eigenvalue weighted by Gasteiger charge is -2.39. The Balaban J connectivity index is 1.53. The van der Waals surface area contributed by atoms with Crippen LogP contribution >= 0.6 is 0 Å². The molecule has 2 aliphatic heterocycles. The van der Waals surface area contributed by atoms with Crippen LogP contribution in [-0.4, -0.2) is 41.9 Å². The lowest BCUT2D eigenvalue weighted by molar-refractivity contribution is -0.279. The van der Waals surface area contributed by atoms with E-state index in [1.807, 2.05) is 67.6 Å². The molecule has 5 heteroatoms. The molecule has 0 amide bonds. The summed E-state index contributed by atoms with van der Waals surface area (Å²) in [5.41, 5.74) is 1.34. The molecule has 0 spiro atoms. The van der Waals surface area contributed by atoms with E-state index in [4.69, 9.17) is 18.9 Å². The van der Waals surface area contributed by atoms with Gasteiger partial charge in [0.2, 0.25) is 0 Å². The third-order valence-corrected chi connectivity index (χ3v) is 5.48. The van der Waals surface area contributed by atoms with Crippen molar-refractivity contribution in [2.75, 3.05) is 6.61 Å². The summed E-state index contributed by atoms with van der Waals surface area (Å²) in [6, 6.07) is 20.0. The van der Waals surface area contributed by atoms with Gasteiger partial charge in [0, 0.05) is 0 Å².